The van der Waals surface area contributed by atoms with Gasteiger partial charge in [-0.3, -0.25) is 0 Å². The third-order valence-electron chi connectivity index (χ3n) is 3.19. The van der Waals surface area contributed by atoms with Gasteiger partial charge in [0.05, 0.1) is 5.02 Å². The van der Waals surface area contributed by atoms with Gasteiger partial charge in [0.25, 0.3) is 0 Å². The minimum Gasteiger partial charge on any atom is -0.310 e. The first kappa shape index (κ1) is 15.5. The second kappa shape index (κ2) is 7.21. The van der Waals surface area contributed by atoms with E-state index < -0.39 is 0 Å². The second-order valence-electron chi connectivity index (χ2n) is 4.55. The average Bonchev–Trinajstić information content (AvgIpc) is 2.44. The molecule has 0 spiro atoms. The van der Waals surface area contributed by atoms with E-state index in [1.165, 1.54) is 0 Å². The van der Waals surface area contributed by atoms with Crippen LogP contribution in [0.3, 0.4) is 0 Å². The lowest BCUT2D eigenvalue weighted by Crippen LogP contribution is -2.23. The van der Waals surface area contributed by atoms with Crippen LogP contribution in [-0.2, 0) is 6.42 Å². The fraction of sp³-hybridized carbons (Fsp3) is 0.250. The summed E-state index contributed by atoms with van der Waals surface area (Å²) in [6.07, 6.45) is 0.558. The Balaban J connectivity index is 2.31. The summed E-state index contributed by atoms with van der Waals surface area (Å²) in [5.74, 6) is -0.330. The molecule has 0 fully saturated rings. The molecule has 0 heterocycles. The highest BCUT2D eigenvalue weighted by molar-refractivity contribution is 9.10. The summed E-state index contributed by atoms with van der Waals surface area (Å²) in [6, 6.07) is 13.2. The fourth-order valence-corrected chi connectivity index (χ4v) is 2.98. The highest BCUT2D eigenvalue weighted by Crippen LogP contribution is 2.28. The quantitative estimate of drug-likeness (QED) is 0.782. The number of halogens is 3. The van der Waals surface area contributed by atoms with Crippen LogP contribution in [0.4, 0.5) is 4.39 Å². The van der Waals surface area contributed by atoms with Crippen LogP contribution in [0.1, 0.15) is 24.1 Å². The van der Waals surface area contributed by atoms with Crippen LogP contribution < -0.4 is 5.32 Å². The van der Waals surface area contributed by atoms with Gasteiger partial charge in [-0.15, -0.1) is 0 Å². The van der Waals surface area contributed by atoms with Gasteiger partial charge in [-0.05, 0) is 36.2 Å². The third-order valence-corrected chi connectivity index (χ3v) is 4.20. The van der Waals surface area contributed by atoms with E-state index in [1.807, 2.05) is 31.2 Å². The first-order chi connectivity index (χ1) is 9.63. The maximum atomic E-state index is 14.0. The molecule has 1 atom stereocenters. The molecule has 2 aromatic rings. The molecule has 0 bridgehead atoms. The largest absolute Gasteiger partial charge is 0.310 e. The molecule has 1 unspecified atom stereocenters. The Labute approximate surface area is 132 Å². The molecule has 0 aromatic heterocycles. The zero-order chi connectivity index (χ0) is 14.5. The summed E-state index contributed by atoms with van der Waals surface area (Å²) in [7, 11) is 0. The van der Waals surface area contributed by atoms with Gasteiger partial charge in [-0.1, -0.05) is 64.8 Å². The van der Waals surface area contributed by atoms with Crippen molar-refractivity contribution in [1.82, 2.24) is 5.32 Å². The lowest BCUT2D eigenvalue weighted by Gasteiger charge is -2.20. The van der Waals surface area contributed by atoms with Gasteiger partial charge in [-0.25, -0.2) is 4.39 Å². The van der Waals surface area contributed by atoms with Crippen molar-refractivity contribution in [2.75, 3.05) is 6.54 Å². The van der Waals surface area contributed by atoms with Gasteiger partial charge >= 0.3 is 0 Å². The van der Waals surface area contributed by atoms with Gasteiger partial charge in [0.15, 0.2) is 0 Å². The summed E-state index contributed by atoms with van der Waals surface area (Å²) in [4.78, 5) is 0. The first-order valence-electron chi connectivity index (χ1n) is 6.54. The minimum absolute atomic E-state index is 0.0449. The molecule has 0 radical (unpaired) electrons. The molecule has 1 N–H and O–H groups in total. The zero-order valence-electron chi connectivity index (χ0n) is 11.2. The molecule has 2 rings (SSSR count). The van der Waals surface area contributed by atoms with Crippen LogP contribution in [0.5, 0.6) is 0 Å². The molecule has 106 valence electrons. The fourth-order valence-electron chi connectivity index (χ4n) is 2.22. The monoisotopic (exact) mass is 355 g/mol. The van der Waals surface area contributed by atoms with E-state index in [1.54, 1.807) is 18.2 Å². The molecular formula is C16H16BrClFN. The second-order valence-corrected chi connectivity index (χ2v) is 5.81. The van der Waals surface area contributed by atoms with Crippen molar-refractivity contribution in [1.29, 1.82) is 0 Å². The first-order valence-corrected chi connectivity index (χ1v) is 7.71. The molecule has 4 heteroatoms. The standard InChI is InChI=1S/C16H16BrClFN/c1-2-20-15(12-7-3-4-8-13(12)17)10-11-6-5-9-14(18)16(11)19/h3-9,15,20H,2,10H2,1H3. The van der Waals surface area contributed by atoms with Crippen LogP contribution in [0.15, 0.2) is 46.9 Å². The predicted molar refractivity (Wildman–Crippen MR) is 85.7 cm³/mol. The zero-order valence-corrected chi connectivity index (χ0v) is 13.5. The van der Waals surface area contributed by atoms with Gasteiger partial charge in [0, 0.05) is 10.5 Å². The summed E-state index contributed by atoms with van der Waals surface area (Å²) in [5, 5.41) is 3.57. The smallest absolute Gasteiger partial charge is 0.145 e. The van der Waals surface area contributed by atoms with Crippen molar-refractivity contribution in [3.05, 3.63) is 68.9 Å². The Bertz CT molecular complexity index is 588. The molecule has 1 nitrogen and oxygen atoms in total. The third kappa shape index (κ3) is 3.60. The van der Waals surface area contributed by atoms with Crippen LogP contribution in [0.2, 0.25) is 5.02 Å². The van der Waals surface area contributed by atoms with E-state index in [4.69, 9.17) is 11.6 Å². The predicted octanol–water partition coefficient (Wildman–Crippen LogP) is 5.13. The minimum atomic E-state index is -0.330. The van der Waals surface area contributed by atoms with Gasteiger partial charge in [0.1, 0.15) is 5.82 Å². The number of likely N-dealkylation sites (N-methyl/N-ethyl adjacent to an activating group) is 1. The summed E-state index contributed by atoms with van der Waals surface area (Å²) < 4.78 is 15.1. The van der Waals surface area contributed by atoms with E-state index in [9.17, 15) is 4.39 Å². The molecule has 2 aromatic carbocycles. The number of hydrogen-bond acceptors (Lipinski definition) is 1. The molecule has 0 saturated heterocycles. The number of rotatable bonds is 5. The van der Waals surface area contributed by atoms with Gasteiger partial charge in [-0.2, -0.15) is 0 Å². The van der Waals surface area contributed by atoms with Crippen molar-refractivity contribution >= 4 is 27.5 Å². The Hall–Kier alpha value is -0.900. The summed E-state index contributed by atoms with van der Waals surface area (Å²) in [5.41, 5.74) is 1.74. The molecule has 0 aliphatic carbocycles. The molecule has 0 aliphatic heterocycles. The van der Waals surface area contributed by atoms with E-state index in [2.05, 4.69) is 21.2 Å². The maximum absolute atomic E-state index is 14.0. The average molecular weight is 357 g/mol. The van der Waals surface area contributed by atoms with Gasteiger partial charge in [0.2, 0.25) is 0 Å². The lowest BCUT2D eigenvalue weighted by atomic mass is 9.98. The van der Waals surface area contributed by atoms with Gasteiger partial charge < -0.3 is 5.32 Å². The van der Waals surface area contributed by atoms with Crippen LogP contribution >= 0.6 is 27.5 Å². The molecule has 0 saturated carbocycles. The highest BCUT2D eigenvalue weighted by Gasteiger charge is 2.16. The number of nitrogens with one attached hydrogen (secondary N) is 1. The Morgan fingerprint density at radius 1 is 1.20 bits per heavy atom. The Morgan fingerprint density at radius 3 is 2.65 bits per heavy atom. The Morgan fingerprint density at radius 2 is 1.95 bits per heavy atom. The summed E-state index contributed by atoms with van der Waals surface area (Å²) >= 11 is 9.40. The topological polar surface area (TPSA) is 12.0 Å². The van der Waals surface area contributed by atoms with Crippen LogP contribution in [0, 0.1) is 5.82 Å². The number of hydrogen-bond donors (Lipinski definition) is 1. The Kier molecular flexibility index (Phi) is 5.58. The molecule has 20 heavy (non-hydrogen) atoms. The van der Waals surface area contributed by atoms with Crippen molar-refractivity contribution < 1.29 is 4.39 Å². The van der Waals surface area contributed by atoms with Crippen molar-refractivity contribution in [3.63, 3.8) is 0 Å². The number of benzene rings is 2. The van der Waals surface area contributed by atoms with Crippen molar-refractivity contribution in [3.8, 4) is 0 Å². The SMILES string of the molecule is CCNC(Cc1cccc(Cl)c1F)c1ccccc1Br. The maximum Gasteiger partial charge on any atom is 0.145 e. The summed E-state index contributed by atoms with van der Waals surface area (Å²) in [6.45, 7) is 2.85. The molecule has 0 amide bonds. The van der Waals surface area contributed by atoms with Crippen LogP contribution in [0.25, 0.3) is 0 Å². The molecule has 0 aliphatic rings. The molecular weight excluding hydrogens is 341 g/mol. The van der Waals surface area contributed by atoms with Crippen molar-refractivity contribution in [2.24, 2.45) is 0 Å². The van der Waals surface area contributed by atoms with E-state index >= 15 is 0 Å². The lowest BCUT2D eigenvalue weighted by molar-refractivity contribution is 0.526. The normalized spacial score (nSPS) is 12.4. The highest BCUT2D eigenvalue weighted by atomic mass is 79.9. The van der Waals surface area contributed by atoms with E-state index in [0.717, 1.165) is 16.6 Å². The van der Waals surface area contributed by atoms with E-state index in [0.29, 0.717) is 12.0 Å². The van der Waals surface area contributed by atoms with Crippen molar-refractivity contribution in [2.45, 2.75) is 19.4 Å². The van der Waals surface area contributed by atoms with E-state index in [-0.39, 0.29) is 16.9 Å². The van der Waals surface area contributed by atoms with Crippen LogP contribution in [-0.4, -0.2) is 6.54 Å².